The van der Waals surface area contributed by atoms with E-state index in [1.165, 1.54) is 7.11 Å². The topological polar surface area (TPSA) is 178 Å². The van der Waals surface area contributed by atoms with Gasteiger partial charge in [0.15, 0.2) is 30.1 Å². The van der Waals surface area contributed by atoms with Gasteiger partial charge in [-0.1, -0.05) is 41.5 Å². The highest BCUT2D eigenvalue weighted by Crippen LogP contribution is 2.44. The van der Waals surface area contributed by atoms with Gasteiger partial charge in [0, 0.05) is 44.2 Å². The van der Waals surface area contributed by atoms with Gasteiger partial charge in [-0.15, -0.1) is 0 Å². The van der Waals surface area contributed by atoms with Crippen LogP contribution in [-0.4, -0.2) is 141 Å². The number of carbonyl (C=O) groups is 4. The quantitative estimate of drug-likeness (QED) is 0.191. The monoisotopic (exact) mass is 799 g/mol. The predicted octanol–water partition coefficient (Wildman–Crippen LogP) is 3.83. The first kappa shape index (κ1) is 46.4. The largest absolute Gasteiger partial charge is 0.462 e. The van der Waals surface area contributed by atoms with E-state index in [0.717, 1.165) is 0 Å². The lowest BCUT2D eigenvalue weighted by molar-refractivity contribution is -0.299. The highest BCUT2D eigenvalue weighted by atomic mass is 16.7. The van der Waals surface area contributed by atoms with E-state index < -0.39 is 109 Å². The number of ether oxygens (including phenoxy) is 9. The van der Waals surface area contributed by atoms with Crippen molar-refractivity contribution in [1.29, 1.82) is 0 Å². The summed E-state index contributed by atoms with van der Waals surface area (Å²) in [5.41, 5.74) is -1.16. The molecule has 15 heteroatoms. The lowest BCUT2D eigenvalue weighted by Gasteiger charge is -2.46. The van der Waals surface area contributed by atoms with Crippen LogP contribution in [0.1, 0.15) is 101 Å². The Morgan fingerprint density at radius 2 is 1.41 bits per heavy atom. The number of nitrogens with zero attached hydrogens (tertiary/aromatic N) is 1. The Morgan fingerprint density at radius 1 is 0.804 bits per heavy atom. The first-order valence-corrected chi connectivity index (χ1v) is 20.6. The molecule has 0 amide bonds. The molecule has 18 atom stereocenters. The number of cyclic esters (lactones) is 1. The molecule has 0 unspecified atom stereocenters. The first-order chi connectivity index (χ1) is 26.3. The molecular weight excluding hydrogens is 730 g/mol. The zero-order valence-electron chi connectivity index (χ0n) is 35.8. The third-order valence-electron chi connectivity index (χ3n) is 12.4. The minimum absolute atomic E-state index is 0.111. The van der Waals surface area contributed by atoms with Gasteiger partial charge in [-0.25, -0.2) is 0 Å². The molecular formula is C41H69NO14. The second kappa shape index (κ2) is 19.7. The van der Waals surface area contributed by atoms with E-state index >= 15 is 0 Å². The van der Waals surface area contributed by atoms with Crippen molar-refractivity contribution >= 4 is 23.7 Å². The number of methoxy groups -OCH3 is 1. The number of aliphatic hydroxyl groups is 1. The fourth-order valence-corrected chi connectivity index (χ4v) is 8.72. The van der Waals surface area contributed by atoms with E-state index in [1.54, 1.807) is 48.5 Å². The van der Waals surface area contributed by atoms with Crippen LogP contribution >= 0.6 is 0 Å². The molecule has 0 aromatic carbocycles. The Labute approximate surface area is 333 Å². The third kappa shape index (κ3) is 10.7. The number of ketones is 1. The van der Waals surface area contributed by atoms with Crippen LogP contribution in [0.3, 0.4) is 0 Å². The summed E-state index contributed by atoms with van der Waals surface area (Å²) in [6.45, 7) is 18.1. The van der Waals surface area contributed by atoms with Crippen LogP contribution in [-0.2, 0) is 61.8 Å². The number of carbonyl (C=O) groups excluding carboxylic acids is 4. The maximum absolute atomic E-state index is 14.4. The fourth-order valence-electron chi connectivity index (χ4n) is 8.72. The Morgan fingerprint density at radius 3 is 1.96 bits per heavy atom. The van der Waals surface area contributed by atoms with Gasteiger partial charge in [-0.05, 0) is 60.5 Å². The molecule has 15 nitrogen and oxygen atoms in total. The van der Waals surface area contributed by atoms with E-state index in [0.29, 0.717) is 6.42 Å². The lowest BCUT2D eigenvalue weighted by Crippen LogP contribution is -2.57. The summed E-state index contributed by atoms with van der Waals surface area (Å²) < 4.78 is 55.7. The molecule has 4 rings (SSSR count). The molecule has 0 aromatic rings. The minimum atomic E-state index is -1.16. The highest BCUT2D eigenvalue weighted by Gasteiger charge is 2.58. The van der Waals surface area contributed by atoms with Gasteiger partial charge in [0.05, 0.1) is 42.9 Å². The number of hydrogen-bond acceptors (Lipinski definition) is 15. The molecule has 4 aliphatic heterocycles. The fraction of sp³-hybridized carbons (Fsp3) is 0.902. The van der Waals surface area contributed by atoms with Crippen LogP contribution in [0.4, 0.5) is 0 Å². The van der Waals surface area contributed by atoms with Gasteiger partial charge in [0.25, 0.3) is 0 Å². The summed E-state index contributed by atoms with van der Waals surface area (Å²) in [5, 5.41) is 11.6. The molecule has 56 heavy (non-hydrogen) atoms. The van der Waals surface area contributed by atoms with Crippen LogP contribution in [0.2, 0.25) is 0 Å². The maximum Gasteiger partial charge on any atom is 0.311 e. The van der Waals surface area contributed by atoms with E-state index in [1.807, 2.05) is 39.8 Å². The predicted molar refractivity (Wildman–Crippen MR) is 202 cm³/mol. The van der Waals surface area contributed by atoms with Gasteiger partial charge in [0.2, 0.25) is 0 Å². The van der Waals surface area contributed by atoms with Crippen LogP contribution in [0, 0.1) is 29.6 Å². The average molecular weight is 800 g/mol. The lowest BCUT2D eigenvalue weighted by atomic mass is 9.76. The van der Waals surface area contributed by atoms with Crippen molar-refractivity contribution in [1.82, 2.24) is 4.90 Å². The number of hydrogen-bond donors (Lipinski definition) is 1. The van der Waals surface area contributed by atoms with Crippen molar-refractivity contribution in [2.45, 2.75) is 181 Å². The van der Waals surface area contributed by atoms with Crippen molar-refractivity contribution in [2.75, 3.05) is 27.8 Å². The smallest absolute Gasteiger partial charge is 0.311 e. The molecule has 0 aliphatic carbocycles. The van der Waals surface area contributed by atoms with Crippen molar-refractivity contribution in [2.24, 2.45) is 29.6 Å². The molecule has 322 valence electrons. The standard InChI is InChI=1S/C41H69NO14/c1-14-30(43)53-35-22(5)26(9)52-39(47)25(8)36(55-32-17-29(48-13)37(27(10)51-32)54-31(44)15-2)23(6)34(20(3)18-41(19-49-41)38(46)24(35)7)56-40-33(45)28(42(11)12)16-21(4)50-40/h20-29,32-37,40,45H,14-19H2,1-13H3/t20-,21+,22-,23-,24+,25-,26+,27-,28-,29-,32-,33+,34-,35+,36-,37-,40-,41+/m0/s1. The molecule has 1 spiro atoms. The molecule has 4 aliphatic rings. The van der Waals surface area contributed by atoms with E-state index in [9.17, 15) is 24.3 Å². The highest BCUT2D eigenvalue weighted by molar-refractivity contribution is 5.92. The molecule has 0 bridgehead atoms. The molecule has 0 radical (unpaired) electrons. The maximum atomic E-state index is 14.4. The first-order valence-electron chi connectivity index (χ1n) is 20.6. The van der Waals surface area contributed by atoms with Crippen LogP contribution in [0.15, 0.2) is 0 Å². The SMILES string of the molecule is CCC(=O)O[C@@H]1[C@@H](C)[C@@H](C)OC(=O)[C@@H](C)[C@@H](O[C@H]2C[C@H](OC)[C@@H](OC(=O)CC)[C@H](C)O2)[C@@H](C)[C@@H](O[C@@H]2O[C@H](C)C[C@H](N(C)C)[C@H]2O)[C@@H](C)C[C@@]2(CO2)C(=O)[C@@H]1C. The minimum Gasteiger partial charge on any atom is -0.462 e. The molecule has 4 saturated heterocycles. The van der Waals surface area contributed by atoms with Gasteiger partial charge < -0.3 is 52.6 Å². The van der Waals surface area contributed by atoms with Crippen LogP contribution < -0.4 is 0 Å². The van der Waals surface area contributed by atoms with Crippen molar-refractivity contribution in [3.63, 3.8) is 0 Å². The van der Waals surface area contributed by atoms with Crippen molar-refractivity contribution < 1.29 is 66.9 Å². The van der Waals surface area contributed by atoms with E-state index in [-0.39, 0.29) is 56.2 Å². The van der Waals surface area contributed by atoms with Gasteiger partial charge in [0.1, 0.15) is 24.4 Å². The van der Waals surface area contributed by atoms with Crippen molar-refractivity contribution in [3.05, 3.63) is 0 Å². The van der Waals surface area contributed by atoms with E-state index in [2.05, 4.69) is 0 Å². The van der Waals surface area contributed by atoms with Gasteiger partial charge in [-0.2, -0.15) is 0 Å². The summed E-state index contributed by atoms with van der Waals surface area (Å²) in [6, 6.07) is -0.251. The molecule has 4 fully saturated rings. The summed E-state index contributed by atoms with van der Waals surface area (Å²) in [7, 11) is 5.32. The van der Waals surface area contributed by atoms with Crippen LogP contribution in [0.25, 0.3) is 0 Å². The number of rotatable bonds is 10. The summed E-state index contributed by atoms with van der Waals surface area (Å²) in [5.74, 6) is -4.81. The molecule has 1 N–H and O–H groups in total. The Balaban J connectivity index is 1.77. The Kier molecular flexibility index (Phi) is 16.3. The molecule has 0 aromatic heterocycles. The zero-order chi connectivity index (χ0) is 41.8. The number of esters is 3. The average Bonchev–Trinajstić information content (AvgIpc) is 3.94. The Bertz CT molecular complexity index is 1340. The summed E-state index contributed by atoms with van der Waals surface area (Å²) >= 11 is 0. The summed E-state index contributed by atoms with van der Waals surface area (Å²) in [6.07, 6.45) is -6.94. The Hall–Kier alpha value is -2.24. The van der Waals surface area contributed by atoms with Crippen molar-refractivity contribution in [3.8, 4) is 0 Å². The third-order valence-corrected chi connectivity index (χ3v) is 12.4. The second-order valence-electron chi connectivity index (χ2n) is 16.9. The normalized spacial score (nSPS) is 44.2. The number of epoxide rings is 1. The number of aliphatic hydroxyl groups excluding tert-OH is 1. The second-order valence-corrected chi connectivity index (χ2v) is 16.9. The van der Waals surface area contributed by atoms with E-state index in [4.69, 9.17) is 42.6 Å². The summed E-state index contributed by atoms with van der Waals surface area (Å²) in [4.78, 5) is 55.5. The zero-order valence-corrected chi connectivity index (χ0v) is 35.8. The van der Waals surface area contributed by atoms with Crippen LogP contribution in [0.5, 0.6) is 0 Å². The molecule has 0 saturated carbocycles. The number of Topliss-reactive ketones (excluding diaryl/α,β-unsaturated/α-hetero) is 1. The molecule has 4 heterocycles. The van der Waals surface area contributed by atoms with Gasteiger partial charge >= 0.3 is 17.9 Å². The number of likely N-dealkylation sites (N-methyl/N-ethyl adjacent to an activating group) is 1. The van der Waals surface area contributed by atoms with Gasteiger partial charge in [-0.3, -0.25) is 19.2 Å².